The van der Waals surface area contributed by atoms with Crippen LogP contribution in [0.25, 0.3) is 0 Å². The molecule has 0 N–H and O–H groups in total. The lowest BCUT2D eigenvalue weighted by Gasteiger charge is -2.36. The van der Waals surface area contributed by atoms with Crippen molar-refractivity contribution >= 4 is 5.69 Å². The summed E-state index contributed by atoms with van der Waals surface area (Å²) in [7, 11) is 2.22. The van der Waals surface area contributed by atoms with Crippen LogP contribution in [0, 0.1) is 12.3 Å². The molecule has 2 saturated heterocycles. The maximum Gasteiger partial charge on any atom is 0.0367 e. The second-order valence-corrected chi connectivity index (χ2v) is 8.36. The fourth-order valence-corrected chi connectivity index (χ4v) is 4.85. The Bertz CT molecular complexity index is 519. The minimum Gasteiger partial charge on any atom is -0.369 e. The van der Waals surface area contributed by atoms with Crippen LogP contribution in [0.3, 0.4) is 0 Å². The van der Waals surface area contributed by atoms with E-state index in [2.05, 4.69) is 52.4 Å². The zero-order chi connectivity index (χ0) is 17.1. The van der Waals surface area contributed by atoms with E-state index in [0.717, 1.165) is 25.0 Å². The third-order valence-corrected chi connectivity index (χ3v) is 6.60. The van der Waals surface area contributed by atoms with Crippen molar-refractivity contribution in [2.24, 2.45) is 5.92 Å². The van der Waals surface area contributed by atoms with E-state index < -0.39 is 0 Å². The predicted molar refractivity (Wildman–Crippen MR) is 106 cm³/mol. The largest absolute Gasteiger partial charge is 0.369 e. The molecule has 25 heavy (non-hydrogen) atoms. The number of benzene rings is 1. The smallest absolute Gasteiger partial charge is 0.0367 e. The van der Waals surface area contributed by atoms with Crippen LogP contribution >= 0.6 is 0 Å². The minimum atomic E-state index is 0.770. The van der Waals surface area contributed by atoms with E-state index in [1.807, 2.05) is 0 Å². The summed E-state index contributed by atoms with van der Waals surface area (Å²) in [6.07, 6.45) is 11.0. The van der Waals surface area contributed by atoms with Gasteiger partial charge in [0, 0.05) is 37.9 Å². The molecule has 3 nitrogen and oxygen atoms in total. The summed E-state index contributed by atoms with van der Waals surface area (Å²) in [5, 5.41) is 0. The number of anilines is 1. The lowest BCUT2D eigenvalue weighted by atomic mass is 9.89. The Morgan fingerprint density at radius 2 is 1.44 bits per heavy atom. The van der Waals surface area contributed by atoms with E-state index >= 15 is 0 Å². The summed E-state index contributed by atoms with van der Waals surface area (Å²) in [6.45, 7) is 7.27. The zero-order valence-electron chi connectivity index (χ0n) is 15.9. The lowest BCUT2D eigenvalue weighted by molar-refractivity contribution is 0.144. The first-order valence-electron chi connectivity index (χ1n) is 10.4. The number of hydrogen-bond acceptors (Lipinski definition) is 3. The highest BCUT2D eigenvalue weighted by molar-refractivity contribution is 5.49. The van der Waals surface area contributed by atoms with Crippen molar-refractivity contribution in [3.05, 3.63) is 36.2 Å². The van der Waals surface area contributed by atoms with Gasteiger partial charge in [-0.2, -0.15) is 0 Å². The molecule has 0 amide bonds. The molecule has 1 saturated carbocycles. The number of likely N-dealkylation sites (N-methyl/N-ethyl adjacent to an activating group) is 1. The molecule has 137 valence electrons. The zero-order valence-corrected chi connectivity index (χ0v) is 15.9. The van der Waals surface area contributed by atoms with Crippen LogP contribution in [0.1, 0.15) is 44.1 Å². The first-order chi connectivity index (χ1) is 12.3. The highest BCUT2D eigenvalue weighted by Crippen LogP contribution is 2.30. The van der Waals surface area contributed by atoms with Crippen LogP contribution in [-0.4, -0.2) is 62.2 Å². The number of piperazine rings is 1. The molecule has 1 aromatic rings. The van der Waals surface area contributed by atoms with Gasteiger partial charge in [0.15, 0.2) is 0 Å². The standard InChI is InChI=1S/C22H34N3/c1-23-14-16-25(17-15-23)22-8-6-19(7-9-22)18-20-10-12-24(13-11-20)21-4-2-3-5-21/h6-9,18,20-21H,2-5,10-17H2,1H3. The van der Waals surface area contributed by atoms with Gasteiger partial charge in [0.2, 0.25) is 0 Å². The topological polar surface area (TPSA) is 9.72 Å². The highest BCUT2D eigenvalue weighted by Gasteiger charge is 2.27. The molecule has 3 fully saturated rings. The van der Waals surface area contributed by atoms with Crippen molar-refractivity contribution in [3.63, 3.8) is 0 Å². The van der Waals surface area contributed by atoms with Crippen LogP contribution in [0.5, 0.6) is 0 Å². The maximum absolute atomic E-state index is 2.77. The van der Waals surface area contributed by atoms with Gasteiger partial charge in [-0.05, 0) is 75.9 Å². The number of rotatable bonds is 4. The van der Waals surface area contributed by atoms with Gasteiger partial charge in [-0.3, -0.25) is 0 Å². The van der Waals surface area contributed by atoms with Crippen LogP contribution < -0.4 is 4.90 Å². The SMILES string of the molecule is CN1CCN(c2ccc([CH]C3CCN(C4CCCC4)CC3)cc2)CC1. The molecule has 2 aliphatic heterocycles. The second-order valence-electron chi connectivity index (χ2n) is 8.36. The van der Waals surface area contributed by atoms with Gasteiger partial charge in [0.25, 0.3) is 0 Å². The molecule has 1 aliphatic carbocycles. The van der Waals surface area contributed by atoms with Gasteiger partial charge >= 0.3 is 0 Å². The molecule has 4 rings (SSSR count). The van der Waals surface area contributed by atoms with Gasteiger partial charge in [-0.15, -0.1) is 0 Å². The van der Waals surface area contributed by atoms with E-state index in [-0.39, 0.29) is 0 Å². The molecule has 0 unspecified atom stereocenters. The van der Waals surface area contributed by atoms with Crippen LogP contribution in [0.4, 0.5) is 5.69 Å². The average molecular weight is 341 g/mol. The summed E-state index contributed by atoms with van der Waals surface area (Å²) < 4.78 is 0. The second kappa shape index (κ2) is 8.09. The quantitative estimate of drug-likeness (QED) is 0.828. The number of nitrogens with zero attached hydrogens (tertiary/aromatic N) is 3. The Balaban J connectivity index is 1.26. The van der Waals surface area contributed by atoms with E-state index in [0.29, 0.717) is 0 Å². The van der Waals surface area contributed by atoms with Crippen molar-refractivity contribution in [2.75, 3.05) is 51.2 Å². The Labute approximate surface area is 154 Å². The average Bonchev–Trinajstić information content (AvgIpc) is 3.19. The summed E-state index contributed by atoms with van der Waals surface area (Å²) in [5.74, 6) is 0.770. The molecule has 2 heterocycles. The maximum atomic E-state index is 2.77. The molecule has 0 atom stereocenters. The Hall–Kier alpha value is -1.06. The Kier molecular flexibility index (Phi) is 5.62. The number of hydrogen-bond donors (Lipinski definition) is 0. The van der Waals surface area contributed by atoms with Crippen molar-refractivity contribution in [1.29, 1.82) is 0 Å². The van der Waals surface area contributed by atoms with E-state index in [9.17, 15) is 0 Å². The van der Waals surface area contributed by atoms with Crippen molar-refractivity contribution in [3.8, 4) is 0 Å². The minimum absolute atomic E-state index is 0.770. The van der Waals surface area contributed by atoms with Crippen molar-refractivity contribution in [2.45, 2.75) is 44.6 Å². The molecular weight excluding hydrogens is 306 g/mol. The van der Waals surface area contributed by atoms with Crippen molar-refractivity contribution < 1.29 is 0 Å². The van der Waals surface area contributed by atoms with Gasteiger partial charge in [0.05, 0.1) is 0 Å². The predicted octanol–water partition coefficient (Wildman–Crippen LogP) is 3.65. The van der Waals surface area contributed by atoms with Gasteiger partial charge in [-0.25, -0.2) is 0 Å². The first kappa shape index (κ1) is 17.4. The van der Waals surface area contributed by atoms with E-state index in [1.54, 1.807) is 0 Å². The molecule has 0 spiro atoms. The Morgan fingerprint density at radius 1 is 0.800 bits per heavy atom. The highest BCUT2D eigenvalue weighted by atomic mass is 15.2. The van der Waals surface area contributed by atoms with E-state index in [4.69, 9.17) is 0 Å². The van der Waals surface area contributed by atoms with Gasteiger partial charge < -0.3 is 14.7 Å². The van der Waals surface area contributed by atoms with E-state index in [1.165, 1.54) is 76.0 Å². The first-order valence-corrected chi connectivity index (χ1v) is 10.4. The van der Waals surface area contributed by atoms with Crippen LogP contribution in [-0.2, 0) is 0 Å². The summed E-state index contributed by atoms with van der Waals surface area (Å²) in [6, 6.07) is 10.2. The van der Waals surface area contributed by atoms with Crippen LogP contribution in [0.2, 0.25) is 0 Å². The normalized spacial score (nSPS) is 24.9. The molecular formula is C22H34N3. The van der Waals surface area contributed by atoms with Gasteiger partial charge in [-0.1, -0.05) is 25.0 Å². The summed E-state index contributed by atoms with van der Waals surface area (Å²) in [5.41, 5.74) is 2.80. The molecule has 0 aromatic heterocycles. The monoisotopic (exact) mass is 340 g/mol. The fraction of sp³-hybridized carbons (Fsp3) is 0.682. The number of piperidine rings is 1. The molecule has 0 bridgehead atoms. The lowest BCUT2D eigenvalue weighted by Crippen LogP contribution is -2.44. The summed E-state index contributed by atoms with van der Waals surface area (Å²) in [4.78, 5) is 7.70. The Morgan fingerprint density at radius 3 is 2.08 bits per heavy atom. The van der Waals surface area contributed by atoms with Gasteiger partial charge in [0.1, 0.15) is 0 Å². The number of likely N-dealkylation sites (tertiary alicyclic amines) is 1. The van der Waals surface area contributed by atoms with Crippen molar-refractivity contribution in [1.82, 2.24) is 9.80 Å². The molecule has 1 aromatic carbocycles. The third kappa shape index (κ3) is 4.38. The summed E-state index contributed by atoms with van der Waals surface area (Å²) >= 11 is 0. The molecule has 3 aliphatic rings. The fourth-order valence-electron chi connectivity index (χ4n) is 4.85. The molecule has 3 heteroatoms. The molecule has 1 radical (unpaired) electrons. The van der Waals surface area contributed by atoms with Crippen LogP contribution in [0.15, 0.2) is 24.3 Å². The third-order valence-electron chi connectivity index (χ3n) is 6.60.